The average molecular weight is 828 g/mol. The van der Waals surface area contributed by atoms with Crippen molar-refractivity contribution in [3.05, 3.63) is 48.6 Å². The Labute approximate surface area is 366 Å². The molecule has 1 amide bonds. The van der Waals surface area contributed by atoms with E-state index >= 15 is 0 Å². The van der Waals surface area contributed by atoms with Crippen LogP contribution in [0.5, 0.6) is 0 Å². The van der Waals surface area contributed by atoms with E-state index in [2.05, 4.69) is 55.6 Å². The number of hydrogen-bond donors (Lipinski definition) is 3. The van der Waals surface area contributed by atoms with Gasteiger partial charge < -0.3 is 20.3 Å². The second-order valence-electron chi connectivity index (χ2n) is 17.1. The van der Waals surface area contributed by atoms with Crippen LogP contribution in [0.3, 0.4) is 0 Å². The molecule has 0 aliphatic carbocycles. The van der Waals surface area contributed by atoms with E-state index in [0.717, 1.165) is 89.9 Å². The minimum Gasteiger partial charge on any atom is -0.466 e. The number of aliphatic hydroxyl groups is 2. The quantitative estimate of drug-likeness (QED) is 0.0323. The van der Waals surface area contributed by atoms with Crippen molar-refractivity contribution < 1.29 is 24.5 Å². The van der Waals surface area contributed by atoms with E-state index in [4.69, 9.17) is 4.74 Å². The van der Waals surface area contributed by atoms with Gasteiger partial charge in [-0.15, -0.1) is 0 Å². The lowest BCUT2D eigenvalue weighted by molar-refractivity contribution is -0.143. The van der Waals surface area contributed by atoms with E-state index in [1.165, 1.54) is 135 Å². The molecule has 59 heavy (non-hydrogen) atoms. The summed E-state index contributed by atoms with van der Waals surface area (Å²) in [5.41, 5.74) is 0. The van der Waals surface area contributed by atoms with Crippen LogP contribution in [0.2, 0.25) is 0 Å². The molecule has 0 aromatic carbocycles. The first kappa shape index (κ1) is 56.8. The minimum atomic E-state index is -0.861. The topological polar surface area (TPSA) is 95.9 Å². The predicted octanol–water partition coefficient (Wildman–Crippen LogP) is 15.1. The van der Waals surface area contributed by atoms with Crippen LogP contribution in [-0.2, 0) is 14.3 Å². The first-order chi connectivity index (χ1) is 29.0. The number of carbonyl (C=O) groups excluding carboxylic acids is 2. The van der Waals surface area contributed by atoms with Gasteiger partial charge in [0, 0.05) is 12.8 Å². The van der Waals surface area contributed by atoms with Gasteiger partial charge in [-0.2, -0.15) is 0 Å². The molecule has 0 aromatic heterocycles. The maximum absolute atomic E-state index is 12.4. The molecule has 0 bridgehead atoms. The van der Waals surface area contributed by atoms with Gasteiger partial charge in [-0.3, -0.25) is 9.59 Å². The van der Waals surface area contributed by atoms with Gasteiger partial charge in [0.05, 0.1) is 25.4 Å². The number of rotatable bonds is 46. The number of esters is 1. The summed E-state index contributed by atoms with van der Waals surface area (Å²) in [6.45, 7) is 4.80. The first-order valence-corrected chi connectivity index (χ1v) is 25.4. The highest BCUT2D eigenvalue weighted by Gasteiger charge is 2.18. The van der Waals surface area contributed by atoms with Crippen LogP contribution in [0.15, 0.2) is 48.6 Å². The predicted molar refractivity (Wildman–Crippen MR) is 255 cm³/mol. The average Bonchev–Trinajstić information content (AvgIpc) is 3.24. The van der Waals surface area contributed by atoms with Crippen molar-refractivity contribution in [2.24, 2.45) is 0 Å². The second-order valence-corrected chi connectivity index (χ2v) is 17.1. The number of allylic oxidation sites excluding steroid dienone is 7. The third kappa shape index (κ3) is 45.2. The number of ether oxygens (including phenoxy) is 1. The van der Waals surface area contributed by atoms with Crippen LogP contribution in [0.25, 0.3) is 0 Å². The summed E-state index contributed by atoms with van der Waals surface area (Å²) in [6.07, 6.45) is 59.6. The van der Waals surface area contributed by atoms with Crippen molar-refractivity contribution in [3.63, 3.8) is 0 Å². The maximum Gasteiger partial charge on any atom is 0.305 e. The summed E-state index contributed by atoms with van der Waals surface area (Å²) in [5.74, 6) is -0.129. The molecule has 0 aliphatic heterocycles. The molecule has 2 unspecified atom stereocenters. The van der Waals surface area contributed by atoms with E-state index in [9.17, 15) is 19.8 Å². The van der Waals surface area contributed by atoms with Gasteiger partial charge in [0.2, 0.25) is 5.91 Å². The van der Waals surface area contributed by atoms with Crippen molar-refractivity contribution in [1.82, 2.24) is 5.32 Å². The standard InChI is InChI=1S/C53H97NO5/c1-3-5-7-9-11-13-15-17-18-19-20-22-27-31-35-39-43-47-53(58)59-48-44-40-36-32-28-24-23-26-30-34-38-42-46-52(57)54-50(49-55)51(56)45-41-37-33-29-25-21-16-14-12-10-8-6-4-2/h11,13,17-18,24,28,41,45,50-51,55-56H,3-10,12,14-16,19-23,25-27,29-40,42-44,46-49H2,1-2H3,(H,54,57)/b13-11-,18-17-,28-24-,45-41+. The zero-order chi connectivity index (χ0) is 43.0. The Morgan fingerprint density at radius 2 is 0.847 bits per heavy atom. The van der Waals surface area contributed by atoms with Crippen LogP contribution in [0.4, 0.5) is 0 Å². The zero-order valence-corrected chi connectivity index (χ0v) is 39.0. The minimum absolute atomic E-state index is 0.0332. The van der Waals surface area contributed by atoms with Crippen molar-refractivity contribution in [2.75, 3.05) is 13.2 Å². The number of carbonyl (C=O) groups is 2. The van der Waals surface area contributed by atoms with Crippen LogP contribution in [0, 0.1) is 0 Å². The van der Waals surface area contributed by atoms with Gasteiger partial charge in [-0.05, 0) is 96.3 Å². The molecular formula is C53H97NO5. The molecule has 0 aliphatic rings. The summed E-state index contributed by atoms with van der Waals surface area (Å²) in [4.78, 5) is 24.4. The van der Waals surface area contributed by atoms with Crippen LogP contribution < -0.4 is 5.32 Å². The third-order valence-corrected chi connectivity index (χ3v) is 11.3. The molecule has 2 atom stereocenters. The van der Waals surface area contributed by atoms with Crippen molar-refractivity contribution in [1.29, 1.82) is 0 Å². The van der Waals surface area contributed by atoms with E-state index < -0.39 is 12.1 Å². The number of amides is 1. The Morgan fingerprint density at radius 3 is 1.34 bits per heavy atom. The molecule has 0 spiro atoms. The molecule has 0 saturated carbocycles. The number of aliphatic hydroxyl groups excluding tert-OH is 2. The van der Waals surface area contributed by atoms with Gasteiger partial charge in [0.15, 0.2) is 0 Å². The lowest BCUT2D eigenvalue weighted by atomic mass is 10.0. The molecule has 6 heteroatoms. The van der Waals surface area contributed by atoms with E-state index in [1.807, 2.05) is 6.08 Å². The maximum atomic E-state index is 12.4. The normalized spacial score (nSPS) is 13.1. The van der Waals surface area contributed by atoms with E-state index in [0.29, 0.717) is 19.4 Å². The highest BCUT2D eigenvalue weighted by molar-refractivity contribution is 5.76. The highest BCUT2D eigenvalue weighted by atomic mass is 16.5. The number of nitrogens with one attached hydrogen (secondary N) is 1. The van der Waals surface area contributed by atoms with E-state index in [-0.39, 0.29) is 18.5 Å². The Morgan fingerprint density at radius 1 is 0.475 bits per heavy atom. The Balaban J connectivity index is 3.54. The third-order valence-electron chi connectivity index (χ3n) is 11.3. The Bertz CT molecular complexity index is 1000. The summed E-state index contributed by atoms with van der Waals surface area (Å²) in [5, 5.41) is 23.0. The van der Waals surface area contributed by atoms with Crippen LogP contribution >= 0.6 is 0 Å². The first-order valence-electron chi connectivity index (χ1n) is 25.4. The molecule has 0 rings (SSSR count). The van der Waals surface area contributed by atoms with Gasteiger partial charge in [0.25, 0.3) is 0 Å². The lowest BCUT2D eigenvalue weighted by Gasteiger charge is -2.20. The van der Waals surface area contributed by atoms with E-state index in [1.54, 1.807) is 6.08 Å². The lowest BCUT2D eigenvalue weighted by Crippen LogP contribution is -2.45. The smallest absolute Gasteiger partial charge is 0.305 e. The van der Waals surface area contributed by atoms with Crippen LogP contribution in [0.1, 0.15) is 251 Å². The van der Waals surface area contributed by atoms with Crippen LogP contribution in [-0.4, -0.2) is 47.4 Å². The highest BCUT2D eigenvalue weighted by Crippen LogP contribution is 2.14. The number of hydrogen-bond acceptors (Lipinski definition) is 5. The van der Waals surface area contributed by atoms with Crippen molar-refractivity contribution in [3.8, 4) is 0 Å². The summed E-state index contributed by atoms with van der Waals surface area (Å²) < 4.78 is 5.44. The van der Waals surface area contributed by atoms with Gasteiger partial charge in [-0.25, -0.2) is 0 Å². The number of unbranched alkanes of at least 4 members (excludes halogenated alkanes) is 29. The second kappa shape index (κ2) is 48.5. The summed E-state index contributed by atoms with van der Waals surface area (Å²) in [7, 11) is 0. The molecule has 0 saturated heterocycles. The fourth-order valence-electron chi connectivity index (χ4n) is 7.36. The van der Waals surface area contributed by atoms with Crippen molar-refractivity contribution in [2.45, 2.75) is 264 Å². The molecule has 3 N–H and O–H groups in total. The molecule has 0 radical (unpaired) electrons. The van der Waals surface area contributed by atoms with Crippen molar-refractivity contribution >= 4 is 11.9 Å². The largest absolute Gasteiger partial charge is 0.466 e. The zero-order valence-electron chi connectivity index (χ0n) is 39.0. The van der Waals surface area contributed by atoms with Gasteiger partial charge in [0.1, 0.15) is 0 Å². The molecule has 0 heterocycles. The van der Waals surface area contributed by atoms with Gasteiger partial charge in [-0.1, -0.05) is 191 Å². The summed E-state index contributed by atoms with van der Waals surface area (Å²) >= 11 is 0. The monoisotopic (exact) mass is 828 g/mol. The fourth-order valence-corrected chi connectivity index (χ4v) is 7.36. The molecule has 0 fully saturated rings. The van der Waals surface area contributed by atoms with Gasteiger partial charge >= 0.3 is 5.97 Å². The SMILES string of the molecule is CCCCC/C=C\C/C=C\CCCCCCCCCC(=O)OCCCCC/C=C\CCCCCCCC(=O)NC(CO)C(O)/C=C/CCCCCCCCCCCCC. The Hall–Kier alpha value is -2.18. The fraction of sp³-hybridized carbons (Fsp3) is 0.811. The summed E-state index contributed by atoms with van der Waals surface area (Å²) in [6, 6.07) is -0.647. The molecule has 6 nitrogen and oxygen atoms in total. The molecule has 0 aromatic rings. The molecular weight excluding hydrogens is 731 g/mol. The molecule has 344 valence electrons. The Kier molecular flexibility index (Phi) is 46.7.